The molecule has 10 heteroatoms. The number of ether oxygens (including phenoxy) is 1. The summed E-state index contributed by atoms with van der Waals surface area (Å²) in [4.78, 5) is 20.3. The van der Waals surface area contributed by atoms with E-state index in [0.29, 0.717) is 34.3 Å². The third-order valence-electron chi connectivity index (χ3n) is 6.79. The van der Waals surface area contributed by atoms with Gasteiger partial charge in [0.1, 0.15) is 17.3 Å². The topological polar surface area (TPSA) is 85.2 Å². The lowest BCUT2D eigenvalue weighted by molar-refractivity contribution is 0.0968. The van der Waals surface area contributed by atoms with Crippen LogP contribution in [0.15, 0.2) is 42.6 Å². The van der Waals surface area contributed by atoms with Crippen molar-refractivity contribution in [1.82, 2.24) is 25.3 Å². The van der Waals surface area contributed by atoms with Crippen molar-refractivity contribution < 1.29 is 13.9 Å². The number of nitrogens with one attached hydrogen (secondary N) is 1. The molecular formula is C27H28ClFN6O2. The fraction of sp³-hybridized carbons (Fsp3) is 0.333. The maximum Gasteiger partial charge on any atom is 0.262 e. The number of fused-ring (bicyclic) bond motifs is 1. The minimum atomic E-state index is -0.634. The zero-order valence-corrected chi connectivity index (χ0v) is 21.7. The molecule has 0 radical (unpaired) electrons. The van der Waals surface area contributed by atoms with Crippen molar-refractivity contribution in [2.24, 2.45) is 7.05 Å². The van der Waals surface area contributed by atoms with Crippen molar-refractivity contribution in [3.8, 4) is 11.3 Å². The molecular weight excluding hydrogens is 495 g/mol. The number of aromatic nitrogens is 4. The number of piperidine rings is 1. The van der Waals surface area contributed by atoms with Gasteiger partial charge in [-0.15, -0.1) is 5.10 Å². The summed E-state index contributed by atoms with van der Waals surface area (Å²) in [5, 5.41) is 13.9. The molecule has 0 aliphatic carbocycles. The number of hydrogen-bond donors (Lipinski definition) is 1. The number of carbonyl (C=O) groups is 1. The largest absolute Gasteiger partial charge is 0.378 e. The van der Waals surface area contributed by atoms with Crippen LogP contribution in [0.5, 0.6) is 0 Å². The second-order valence-corrected chi connectivity index (χ2v) is 9.70. The number of carbonyl (C=O) groups excluding carboxylic acids is 1. The summed E-state index contributed by atoms with van der Waals surface area (Å²) in [6.45, 7) is 3.69. The first-order valence-corrected chi connectivity index (χ1v) is 12.5. The SMILES string of the molecule is COCc1c(-c2ccc(C(=O)N(c3nccc4cc(Cl)cc(C)c34)[C@@H]3CCCNC3)c(F)c2)nnn1C. The summed E-state index contributed by atoms with van der Waals surface area (Å²) < 4.78 is 22.4. The highest BCUT2D eigenvalue weighted by molar-refractivity contribution is 6.31. The number of aryl methyl sites for hydroxylation is 2. The molecule has 2 aromatic carbocycles. The first kappa shape index (κ1) is 25.3. The fourth-order valence-corrected chi connectivity index (χ4v) is 5.28. The van der Waals surface area contributed by atoms with Gasteiger partial charge in [0.05, 0.1) is 23.9 Å². The van der Waals surface area contributed by atoms with Crippen LogP contribution in [0.4, 0.5) is 10.2 Å². The van der Waals surface area contributed by atoms with E-state index in [2.05, 4.69) is 20.6 Å². The van der Waals surface area contributed by atoms with E-state index in [1.165, 1.54) is 12.1 Å². The third kappa shape index (κ3) is 4.82. The summed E-state index contributed by atoms with van der Waals surface area (Å²) in [6.07, 6.45) is 3.35. The van der Waals surface area contributed by atoms with Gasteiger partial charge in [0.15, 0.2) is 0 Å². The molecule has 1 aliphatic rings. The second kappa shape index (κ2) is 10.5. The van der Waals surface area contributed by atoms with Crippen molar-refractivity contribution in [2.75, 3.05) is 25.1 Å². The van der Waals surface area contributed by atoms with Crippen LogP contribution in [0.2, 0.25) is 5.02 Å². The summed E-state index contributed by atoms with van der Waals surface area (Å²) in [5.74, 6) is -0.571. The summed E-state index contributed by atoms with van der Waals surface area (Å²) in [5.41, 5.74) is 2.62. The minimum Gasteiger partial charge on any atom is -0.378 e. The van der Waals surface area contributed by atoms with Crippen LogP contribution in [0, 0.1) is 12.7 Å². The number of methoxy groups -OCH3 is 1. The minimum absolute atomic E-state index is 0.0306. The number of benzene rings is 2. The van der Waals surface area contributed by atoms with Gasteiger partial charge in [-0.1, -0.05) is 22.9 Å². The standard InChI is InChI=1S/C27H28ClFN6O2/c1-16-11-19(28)12-17-8-10-31-26(24(16)17)35(20-5-4-9-30-14-20)27(36)21-7-6-18(13-22(21)29)25-23(15-37-3)34(2)33-32-25/h6-8,10-13,20,30H,4-5,9,14-15H2,1-3H3/t20-/m1/s1. The highest BCUT2D eigenvalue weighted by atomic mass is 35.5. The van der Waals surface area contributed by atoms with E-state index >= 15 is 4.39 Å². The molecule has 2 aromatic heterocycles. The maximum atomic E-state index is 15.6. The van der Waals surface area contributed by atoms with E-state index in [0.717, 1.165) is 35.7 Å². The molecule has 1 fully saturated rings. The number of rotatable bonds is 6. The van der Waals surface area contributed by atoms with Gasteiger partial charge in [-0.3, -0.25) is 9.69 Å². The van der Waals surface area contributed by atoms with Gasteiger partial charge in [0, 0.05) is 42.9 Å². The molecule has 1 N–H and O–H groups in total. The zero-order chi connectivity index (χ0) is 26.1. The van der Waals surface area contributed by atoms with Crippen molar-refractivity contribution in [3.63, 3.8) is 0 Å². The molecule has 0 bridgehead atoms. The molecule has 4 aromatic rings. The predicted octanol–water partition coefficient (Wildman–Crippen LogP) is 4.68. The van der Waals surface area contributed by atoms with Gasteiger partial charge in [0.2, 0.25) is 0 Å². The number of amides is 1. The predicted molar refractivity (Wildman–Crippen MR) is 141 cm³/mol. The molecule has 1 atom stereocenters. The molecule has 1 saturated heterocycles. The zero-order valence-electron chi connectivity index (χ0n) is 21.0. The van der Waals surface area contributed by atoms with E-state index in [-0.39, 0.29) is 18.2 Å². The smallest absolute Gasteiger partial charge is 0.262 e. The van der Waals surface area contributed by atoms with Gasteiger partial charge in [-0.25, -0.2) is 14.1 Å². The third-order valence-corrected chi connectivity index (χ3v) is 7.00. The van der Waals surface area contributed by atoms with Gasteiger partial charge in [0.25, 0.3) is 5.91 Å². The van der Waals surface area contributed by atoms with Gasteiger partial charge < -0.3 is 10.1 Å². The van der Waals surface area contributed by atoms with Crippen molar-refractivity contribution in [2.45, 2.75) is 32.4 Å². The van der Waals surface area contributed by atoms with Crippen LogP contribution >= 0.6 is 11.6 Å². The average molecular weight is 523 g/mol. The van der Waals surface area contributed by atoms with E-state index in [4.69, 9.17) is 16.3 Å². The lowest BCUT2D eigenvalue weighted by Crippen LogP contribution is -2.49. The molecule has 0 saturated carbocycles. The van der Waals surface area contributed by atoms with Crippen LogP contribution in [0.25, 0.3) is 22.0 Å². The van der Waals surface area contributed by atoms with Crippen molar-refractivity contribution >= 4 is 34.1 Å². The Bertz CT molecular complexity index is 1470. The monoisotopic (exact) mass is 522 g/mol. The maximum absolute atomic E-state index is 15.6. The molecule has 3 heterocycles. The highest BCUT2D eigenvalue weighted by Crippen LogP contribution is 2.34. The molecule has 1 amide bonds. The number of anilines is 1. The normalized spacial score (nSPS) is 15.8. The molecule has 1 aliphatic heterocycles. The summed E-state index contributed by atoms with van der Waals surface area (Å²) in [7, 11) is 3.33. The van der Waals surface area contributed by atoms with Crippen molar-refractivity contribution in [3.05, 3.63) is 70.3 Å². The Labute approximate surface area is 219 Å². The van der Waals surface area contributed by atoms with Crippen molar-refractivity contribution in [1.29, 1.82) is 0 Å². The van der Waals surface area contributed by atoms with Crippen LogP contribution < -0.4 is 10.2 Å². The lowest BCUT2D eigenvalue weighted by atomic mass is 10.0. The first-order valence-electron chi connectivity index (χ1n) is 12.2. The van der Waals surface area contributed by atoms with E-state index in [1.807, 2.05) is 25.1 Å². The molecule has 37 heavy (non-hydrogen) atoms. The van der Waals surface area contributed by atoms with Crippen LogP contribution in [-0.4, -0.2) is 52.1 Å². The summed E-state index contributed by atoms with van der Waals surface area (Å²) >= 11 is 6.30. The lowest BCUT2D eigenvalue weighted by Gasteiger charge is -2.35. The van der Waals surface area contributed by atoms with E-state index in [9.17, 15) is 4.79 Å². The van der Waals surface area contributed by atoms with Gasteiger partial charge >= 0.3 is 0 Å². The van der Waals surface area contributed by atoms with Crippen LogP contribution in [0.1, 0.15) is 34.5 Å². The van der Waals surface area contributed by atoms with Gasteiger partial charge in [-0.05, 0) is 67.6 Å². The Morgan fingerprint density at radius 2 is 2.14 bits per heavy atom. The number of nitrogens with zero attached hydrogens (tertiary/aromatic N) is 5. The second-order valence-electron chi connectivity index (χ2n) is 9.27. The average Bonchev–Trinajstić information content (AvgIpc) is 3.24. The van der Waals surface area contributed by atoms with Crippen LogP contribution in [0.3, 0.4) is 0 Å². The molecule has 0 unspecified atom stereocenters. The number of halogens is 2. The Kier molecular flexibility index (Phi) is 7.19. The Balaban J connectivity index is 1.59. The van der Waals surface area contributed by atoms with Gasteiger partial charge in [-0.2, -0.15) is 0 Å². The summed E-state index contributed by atoms with van der Waals surface area (Å²) in [6, 6.07) is 9.93. The Morgan fingerprint density at radius 3 is 2.86 bits per heavy atom. The molecule has 8 nitrogen and oxygen atoms in total. The number of pyridine rings is 1. The van der Waals surface area contributed by atoms with Crippen LogP contribution in [-0.2, 0) is 18.4 Å². The highest BCUT2D eigenvalue weighted by Gasteiger charge is 2.32. The molecule has 192 valence electrons. The molecule has 0 spiro atoms. The Morgan fingerprint density at radius 1 is 1.30 bits per heavy atom. The molecule has 5 rings (SSSR count). The first-order chi connectivity index (χ1) is 17.9. The quantitative estimate of drug-likeness (QED) is 0.396. The van der Waals surface area contributed by atoms with E-state index < -0.39 is 11.7 Å². The Hall–Kier alpha value is -3.40. The fourth-order valence-electron chi connectivity index (χ4n) is 5.00. The number of hydrogen-bond acceptors (Lipinski definition) is 6. The van der Waals surface area contributed by atoms with E-state index in [1.54, 1.807) is 36.0 Å².